The average Bonchev–Trinajstić information content (AvgIpc) is 2.94. The molecule has 1 aromatic carbocycles. The fourth-order valence-electron chi connectivity index (χ4n) is 3.39. The summed E-state index contributed by atoms with van der Waals surface area (Å²) in [5.41, 5.74) is 0.864. The van der Waals surface area contributed by atoms with Crippen molar-refractivity contribution in [1.29, 1.82) is 0 Å². The first-order valence-electron chi connectivity index (χ1n) is 9.02. The molecule has 0 amide bonds. The standard InChI is InChI=1S/C19H24FN3O2S/c1-13(2)25-18(24)15-9-7-14(8-10-15)12-19(20)11-5-3-4-6-16-17(19)21-22-23(16)26/h7-10,13,26H,3-6,11-12H2,1-2H3. The zero-order valence-corrected chi connectivity index (χ0v) is 16.0. The lowest BCUT2D eigenvalue weighted by Gasteiger charge is -2.26. The molecular weight excluding hydrogens is 353 g/mol. The second-order valence-electron chi connectivity index (χ2n) is 7.13. The second-order valence-corrected chi connectivity index (χ2v) is 7.51. The van der Waals surface area contributed by atoms with Crippen LogP contribution >= 0.6 is 12.8 Å². The molecule has 3 rings (SSSR count). The van der Waals surface area contributed by atoms with E-state index in [2.05, 4.69) is 23.1 Å². The van der Waals surface area contributed by atoms with E-state index < -0.39 is 5.67 Å². The zero-order chi connectivity index (χ0) is 18.7. The topological polar surface area (TPSA) is 57.0 Å². The molecule has 1 heterocycles. The van der Waals surface area contributed by atoms with E-state index >= 15 is 4.39 Å². The van der Waals surface area contributed by atoms with E-state index in [0.29, 0.717) is 17.7 Å². The number of benzene rings is 1. The molecule has 7 heteroatoms. The molecule has 1 aliphatic rings. The normalized spacial score (nSPS) is 20.3. The highest BCUT2D eigenvalue weighted by molar-refractivity contribution is 7.78. The average molecular weight is 377 g/mol. The Kier molecular flexibility index (Phi) is 5.65. The molecule has 0 bridgehead atoms. The minimum atomic E-state index is -1.57. The lowest BCUT2D eigenvalue weighted by molar-refractivity contribution is 0.0378. The van der Waals surface area contributed by atoms with Crippen LogP contribution in [0.4, 0.5) is 4.39 Å². The molecule has 1 aliphatic carbocycles. The van der Waals surface area contributed by atoms with Gasteiger partial charge in [0.2, 0.25) is 0 Å². The van der Waals surface area contributed by atoms with Gasteiger partial charge in [-0.3, -0.25) is 0 Å². The molecule has 0 saturated carbocycles. The van der Waals surface area contributed by atoms with Crippen molar-refractivity contribution in [2.24, 2.45) is 0 Å². The Morgan fingerprint density at radius 2 is 2.04 bits per heavy atom. The van der Waals surface area contributed by atoms with Crippen LogP contribution in [0.15, 0.2) is 24.3 Å². The molecular formula is C19H24FN3O2S. The van der Waals surface area contributed by atoms with Gasteiger partial charge in [-0.05, 0) is 70.0 Å². The number of carbonyl (C=O) groups excluding carboxylic acids is 1. The van der Waals surface area contributed by atoms with Gasteiger partial charge >= 0.3 is 5.97 Å². The number of halogens is 1. The molecule has 1 atom stereocenters. The van der Waals surface area contributed by atoms with Crippen LogP contribution in [0, 0.1) is 0 Å². The molecule has 1 unspecified atom stereocenters. The highest BCUT2D eigenvalue weighted by atomic mass is 32.1. The lowest BCUT2D eigenvalue weighted by atomic mass is 9.84. The molecule has 26 heavy (non-hydrogen) atoms. The SMILES string of the molecule is CC(C)OC(=O)c1ccc(CC2(F)CCCCCc3c2nnn3S)cc1. The Labute approximate surface area is 158 Å². The number of hydrogen-bond acceptors (Lipinski definition) is 5. The van der Waals surface area contributed by atoms with Gasteiger partial charge in [-0.2, -0.15) is 4.09 Å². The van der Waals surface area contributed by atoms with Gasteiger partial charge in [-0.1, -0.05) is 23.8 Å². The molecule has 0 saturated heterocycles. The third-order valence-corrected chi connectivity index (χ3v) is 4.99. The van der Waals surface area contributed by atoms with E-state index in [-0.39, 0.29) is 18.5 Å². The largest absolute Gasteiger partial charge is 0.459 e. The van der Waals surface area contributed by atoms with Crippen LogP contribution in [0.3, 0.4) is 0 Å². The van der Waals surface area contributed by atoms with E-state index in [4.69, 9.17) is 4.74 Å². The van der Waals surface area contributed by atoms with Gasteiger partial charge in [0.1, 0.15) is 5.69 Å². The number of nitrogens with zero attached hydrogens (tertiary/aromatic N) is 3. The molecule has 1 aromatic heterocycles. The summed E-state index contributed by atoms with van der Waals surface area (Å²) >= 11 is 4.26. The zero-order valence-electron chi connectivity index (χ0n) is 15.1. The Balaban J connectivity index is 1.82. The van der Waals surface area contributed by atoms with Crippen LogP contribution in [0.1, 0.15) is 66.8 Å². The third kappa shape index (κ3) is 4.09. The number of fused-ring (bicyclic) bond motifs is 1. The molecule has 0 N–H and O–H groups in total. The Bertz CT molecular complexity index is 776. The Hall–Kier alpha value is -1.89. The van der Waals surface area contributed by atoms with Crippen molar-refractivity contribution < 1.29 is 13.9 Å². The number of alkyl halides is 1. The summed E-state index contributed by atoms with van der Waals surface area (Å²) in [7, 11) is 0. The van der Waals surface area contributed by atoms with Gasteiger partial charge in [0.25, 0.3) is 0 Å². The summed E-state index contributed by atoms with van der Waals surface area (Å²) in [6.07, 6.45) is 3.95. The van der Waals surface area contributed by atoms with E-state index in [1.807, 2.05) is 0 Å². The monoisotopic (exact) mass is 377 g/mol. The van der Waals surface area contributed by atoms with Crippen LogP contribution < -0.4 is 0 Å². The van der Waals surface area contributed by atoms with Crippen LogP contribution in [-0.4, -0.2) is 26.5 Å². The minimum Gasteiger partial charge on any atom is -0.459 e. The second kappa shape index (κ2) is 7.78. The molecule has 140 valence electrons. The fraction of sp³-hybridized carbons (Fsp3) is 0.526. The maximum atomic E-state index is 15.9. The summed E-state index contributed by atoms with van der Waals surface area (Å²) in [5.74, 6) is -0.368. The van der Waals surface area contributed by atoms with Gasteiger partial charge in [0, 0.05) is 6.42 Å². The predicted octanol–water partition coefficient (Wildman–Crippen LogP) is 4.06. The molecule has 0 radical (unpaired) electrons. The van der Waals surface area contributed by atoms with Crippen LogP contribution in [0.5, 0.6) is 0 Å². The number of thiol groups is 1. The number of hydrogen-bond donors (Lipinski definition) is 1. The van der Waals surface area contributed by atoms with Gasteiger partial charge in [-0.15, -0.1) is 5.10 Å². The summed E-state index contributed by atoms with van der Waals surface area (Å²) < 4.78 is 22.5. The van der Waals surface area contributed by atoms with Gasteiger partial charge in [0.05, 0.1) is 17.4 Å². The van der Waals surface area contributed by atoms with E-state index in [0.717, 1.165) is 36.9 Å². The summed E-state index contributed by atoms with van der Waals surface area (Å²) in [4.78, 5) is 11.9. The van der Waals surface area contributed by atoms with Gasteiger partial charge in [-0.25, -0.2) is 9.18 Å². The van der Waals surface area contributed by atoms with Crippen LogP contribution in [0.25, 0.3) is 0 Å². The van der Waals surface area contributed by atoms with Crippen LogP contribution in [-0.2, 0) is 23.2 Å². The smallest absolute Gasteiger partial charge is 0.338 e. The highest BCUT2D eigenvalue weighted by Gasteiger charge is 2.38. The van der Waals surface area contributed by atoms with E-state index in [1.54, 1.807) is 38.1 Å². The minimum absolute atomic E-state index is 0.173. The van der Waals surface area contributed by atoms with Crippen molar-refractivity contribution in [2.45, 2.75) is 64.1 Å². The van der Waals surface area contributed by atoms with Crippen molar-refractivity contribution in [3.63, 3.8) is 0 Å². The maximum Gasteiger partial charge on any atom is 0.338 e. The third-order valence-electron chi connectivity index (χ3n) is 4.67. The number of ether oxygens (including phenoxy) is 1. The Morgan fingerprint density at radius 1 is 1.31 bits per heavy atom. The summed E-state index contributed by atoms with van der Waals surface area (Å²) in [6, 6.07) is 6.93. The quantitative estimate of drug-likeness (QED) is 0.645. The van der Waals surface area contributed by atoms with Crippen molar-refractivity contribution in [3.05, 3.63) is 46.8 Å². The van der Waals surface area contributed by atoms with Gasteiger partial charge in [0.15, 0.2) is 5.67 Å². The Morgan fingerprint density at radius 3 is 2.73 bits per heavy atom. The summed E-state index contributed by atoms with van der Waals surface area (Å²) in [6.45, 7) is 3.61. The summed E-state index contributed by atoms with van der Waals surface area (Å²) in [5, 5.41) is 7.99. The van der Waals surface area contributed by atoms with Crippen LogP contribution in [0.2, 0.25) is 0 Å². The first-order valence-corrected chi connectivity index (χ1v) is 9.42. The number of esters is 1. The van der Waals surface area contributed by atoms with Crippen molar-refractivity contribution in [3.8, 4) is 0 Å². The predicted molar refractivity (Wildman–Crippen MR) is 100 cm³/mol. The number of carbonyl (C=O) groups is 1. The van der Waals surface area contributed by atoms with Crippen molar-refractivity contribution in [2.75, 3.05) is 0 Å². The molecule has 5 nitrogen and oxygen atoms in total. The molecule has 0 aliphatic heterocycles. The fourth-order valence-corrected chi connectivity index (χ4v) is 3.62. The number of rotatable bonds is 4. The van der Waals surface area contributed by atoms with Crippen molar-refractivity contribution in [1.82, 2.24) is 14.4 Å². The molecule has 2 aromatic rings. The molecule has 0 fully saturated rings. The first kappa shape index (κ1) is 18.9. The maximum absolute atomic E-state index is 15.9. The lowest BCUT2D eigenvalue weighted by Crippen LogP contribution is -2.27. The number of aromatic nitrogens is 3. The van der Waals surface area contributed by atoms with E-state index in [9.17, 15) is 4.79 Å². The van der Waals surface area contributed by atoms with Crippen molar-refractivity contribution >= 4 is 18.8 Å². The molecule has 0 spiro atoms. The van der Waals surface area contributed by atoms with Gasteiger partial charge < -0.3 is 4.74 Å². The highest BCUT2D eigenvalue weighted by Crippen LogP contribution is 2.38. The first-order chi connectivity index (χ1) is 12.4. The van der Waals surface area contributed by atoms with E-state index in [1.165, 1.54) is 4.09 Å².